The number of allylic oxidation sites excluding steroid dienone is 2. The van der Waals surface area contributed by atoms with Gasteiger partial charge in [0.2, 0.25) is 0 Å². The van der Waals surface area contributed by atoms with Crippen molar-refractivity contribution in [2.75, 3.05) is 0 Å². The van der Waals surface area contributed by atoms with Crippen molar-refractivity contribution in [3.8, 4) is 11.1 Å². The molecule has 0 heterocycles. The Morgan fingerprint density at radius 1 is 0.864 bits per heavy atom. The molecule has 0 saturated carbocycles. The lowest BCUT2D eigenvalue weighted by atomic mass is 9.95. The average Bonchev–Trinajstić information content (AvgIpc) is 2.79. The second-order valence-electron chi connectivity index (χ2n) is 5.87. The van der Waals surface area contributed by atoms with E-state index in [2.05, 4.69) is 85.8 Å². The highest BCUT2D eigenvalue weighted by atomic mass is 14.1. The van der Waals surface area contributed by atoms with Crippen LogP contribution >= 0.6 is 0 Å². The van der Waals surface area contributed by atoms with Crippen LogP contribution in [0.4, 0.5) is 0 Å². The minimum absolute atomic E-state index is 1.00. The molecular formula is C22H18. The zero-order valence-electron chi connectivity index (χ0n) is 12.7. The molecule has 3 aromatic carbocycles. The number of fused-ring (bicyclic) bond motifs is 2. The molecular weight excluding hydrogens is 264 g/mol. The van der Waals surface area contributed by atoms with E-state index in [1.165, 1.54) is 37.9 Å². The normalized spacial score (nSPS) is 13.1. The average molecular weight is 282 g/mol. The van der Waals surface area contributed by atoms with Gasteiger partial charge >= 0.3 is 0 Å². The van der Waals surface area contributed by atoms with Crippen molar-refractivity contribution in [2.24, 2.45) is 0 Å². The third kappa shape index (κ3) is 2.17. The highest BCUT2D eigenvalue weighted by Gasteiger charge is 2.06. The summed E-state index contributed by atoms with van der Waals surface area (Å²) in [4.78, 5) is 0. The first-order valence-corrected chi connectivity index (χ1v) is 7.79. The SMILES string of the molecule is Cc1ccc2c(-c3cccc4c3=CC=CCC=4)cccc2c1. The van der Waals surface area contributed by atoms with Gasteiger partial charge in [0.25, 0.3) is 0 Å². The van der Waals surface area contributed by atoms with Crippen LogP contribution < -0.4 is 10.4 Å². The quantitative estimate of drug-likeness (QED) is 0.623. The van der Waals surface area contributed by atoms with Gasteiger partial charge in [0.15, 0.2) is 0 Å². The van der Waals surface area contributed by atoms with Crippen molar-refractivity contribution in [3.63, 3.8) is 0 Å². The molecule has 0 fully saturated rings. The minimum Gasteiger partial charge on any atom is -0.0807 e. The first-order chi connectivity index (χ1) is 10.8. The Morgan fingerprint density at radius 2 is 1.73 bits per heavy atom. The molecule has 3 aromatic rings. The molecule has 0 N–H and O–H groups in total. The third-order valence-electron chi connectivity index (χ3n) is 4.34. The third-order valence-corrected chi connectivity index (χ3v) is 4.34. The molecule has 0 aliphatic heterocycles. The highest BCUT2D eigenvalue weighted by Crippen LogP contribution is 2.27. The molecule has 106 valence electrons. The van der Waals surface area contributed by atoms with E-state index in [-0.39, 0.29) is 0 Å². The van der Waals surface area contributed by atoms with Gasteiger partial charge in [0, 0.05) is 0 Å². The molecule has 0 bridgehead atoms. The van der Waals surface area contributed by atoms with Gasteiger partial charge in [-0.05, 0) is 45.7 Å². The topological polar surface area (TPSA) is 0 Å². The van der Waals surface area contributed by atoms with Crippen LogP contribution in [0.25, 0.3) is 34.1 Å². The second kappa shape index (κ2) is 5.31. The monoisotopic (exact) mass is 282 g/mol. The summed E-state index contributed by atoms with van der Waals surface area (Å²) in [6.45, 7) is 2.15. The number of hydrogen-bond donors (Lipinski definition) is 0. The summed E-state index contributed by atoms with van der Waals surface area (Å²) < 4.78 is 0. The van der Waals surface area contributed by atoms with Crippen molar-refractivity contribution in [2.45, 2.75) is 13.3 Å². The van der Waals surface area contributed by atoms with Crippen LogP contribution in [0.1, 0.15) is 12.0 Å². The number of aryl methyl sites for hydroxylation is 1. The number of hydrogen-bond acceptors (Lipinski definition) is 0. The standard InChI is InChI=1S/C22H18/c1-16-13-14-20-18(15-16)9-6-12-22(20)21-11-5-8-17-7-3-2-4-10-19(17)21/h2,4-15H,3H2,1H3. The van der Waals surface area contributed by atoms with Gasteiger partial charge in [-0.2, -0.15) is 0 Å². The Bertz CT molecular complexity index is 1000. The van der Waals surface area contributed by atoms with E-state index >= 15 is 0 Å². The van der Waals surface area contributed by atoms with Crippen molar-refractivity contribution < 1.29 is 0 Å². The van der Waals surface area contributed by atoms with Gasteiger partial charge in [0.1, 0.15) is 0 Å². The summed E-state index contributed by atoms with van der Waals surface area (Å²) >= 11 is 0. The van der Waals surface area contributed by atoms with Gasteiger partial charge in [-0.25, -0.2) is 0 Å². The lowest BCUT2D eigenvalue weighted by Gasteiger charge is -2.09. The molecule has 0 spiro atoms. The zero-order chi connectivity index (χ0) is 14.9. The molecule has 0 amide bonds. The number of rotatable bonds is 1. The Hall–Kier alpha value is -2.60. The Labute approximate surface area is 130 Å². The Morgan fingerprint density at radius 3 is 2.68 bits per heavy atom. The summed E-state index contributed by atoms with van der Waals surface area (Å²) in [5, 5.41) is 5.28. The van der Waals surface area contributed by atoms with Gasteiger partial charge in [-0.15, -0.1) is 0 Å². The Balaban J connectivity index is 2.10. The molecule has 0 saturated heterocycles. The van der Waals surface area contributed by atoms with E-state index in [1.807, 2.05) is 0 Å². The van der Waals surface area contributed by atoms with Crippen LogP contribution in [-0.4, -0.2) is 0 Å². The van der Waals surface area contributed by atoms with Crippen LogP contribution in [0.2, 0.25) is 0 Å². The maximum Gasteiger partial charge on any atom is -0.00992 e. The molecule has 4 rings (SSSR count). The van der Waals surface area contributed by atoms with E-state index in [1.54, 1.807) is 0 Å². The molecule has 0 atom stereocenters. The largest absolute Gasteiger partial charge is 0.0807 e. The summed E-state index contributed by atoms with van der Waals surface area (Å²) in [6.07, 6.45) is 9.91. The van der Waals surface area contributed by atoms with E-state index in [0.29, 0.717) is 0 Å². The maximum absolute atomic E-state index is 2.30. The second-order valence-corrected chi connectivity index (χ2v) is 5.87. The van der Waals surface area contributed by atoms with Crippen molar-refractivity contribution >= 4 is 22.9 Å². The molecule has 0 heteroatoms. The minimum atomic E-state index is 1.00. The van der Waals surface area contributed by atoms with E-state index in [9.17, 15) is 0 Å². The maximum atomic E-state index is 2.30. The summed E-state index contributed by atoms with van der Waals surface area (Å²) in [5.74, 6) is 0. The fourth-order valence-corrected chi connectivity index (χ4v) is 3.26. The summed E-state index contributed by atoms with van der Waals surface area (Å²) in [6, 6.07) is 19.9. The van der Waals surface area contributed by atoms with E-state index in [0.717, 1.165) is 6.42 Å². The van der Waals surface area contributed by atoms with E-state index in [4.69, 9.17) is 0 Å². The fourth-order valence-electron chi connectivity index (χ4n) is 3.26. The first kappa shape index (κ1) is 13.1. The smallest absolute Gasteiger partial charge is 0.00992 e. The number of benzene rings is 3. The van der Waals surface area contributed by atoms with Crippen molar-refractivity contribution in [1.29, 1.82) is 0 Å². The van der Waals surface area contributed by atoms with Gasteiger partial charge < -0.3 is 0 Å². The highest BCUT2D eigenvalue weighted by molar-refractivity contribution is 5.97. The predicted octanol–water partition coefficient (Wildman–Crippen LogP) is 4.34. The lowest BCUT2D eigenvalue weighted by molar-refractivity contribution is 1.45. The van der Waals surface area contributed by atoms with Gasteiger partial charge in [0.05, 0.1) is 0 Å². The zero-order valence-corrected chi connectivity index (χ0v) is 12.7. The Kier molecular flexibility index (Phi) is 3.16. The van der Waals surface area contributed by atoms with Crippen molar-refractivity contribution in [1.82, 2.24) is 0 Å². The van der Waals surface area contributed by atoms with Crippen LogP contribution in [0.3, 0.4) is 0 Å². The summed E-state index contributed by atoms with van der Waals surface area (Å²) in [5.41, 5.74) is 3.93. The lowest BCUT2D eigenvalue weighted by Crippen LogP contribution is -2.25. The summed E-state index contributed by atoms with van der Waals surface area (Å²) in [7, 11) is 0. The molecule has 0 unspecified atom stereocenters. The van der Waals surface area contributed by atoms with Crippen LogP contribution in [0, 0.1) is 6.92 Å². The molecule has 22 heavy (non-hydrogen) atoms. The van der Waals surface area contributed by atoms with Crippen LogP contribution in [-0.2, 0) is 0 Å². The van der Waals surface area contributed by atoms with Gasteiger partial charge in [-0.3, -0.25) is 0 Å². The van der Waals surface area contributed by atoms with Crippen LogP contribution in [0.5, 0.6) is 0 Å². The molecule has 1 aliphatic carbocycles. The molecule has 0 radical (unpaired) electrons. The molecule has 1 aliphatic rings. The first-order valence-electron chi connectivity index (χ1n) is 7.79. The van der Waals surface area contributed by atoms with Crippen LogP contribution in [0.15, 0.2) is 66.7 Å². The van der Waals surface area contributed by atoms with Crippen molar-refractivity contribution in [3.05, 3.63) is 82.8 Å². The van der Waals surface area contributed by atoms with Gasteiger partial charge in [-0.1, -0.05) is 84.5 Å². The molecule has 0 aromatic heterocycles. The van der Waals surface area contributed by atoms with E-state index < -0.39 is 0 Å². The fraction of sp³-hybridized carbons (Fsp3) is 0.0909. The molecule has 0 nitrogen and oxygen atoms in total. The predicted molar refractivity (Wildman–Crippen MR) is 96.1 cm³/mol.